The minimum absolute atomic E-state index is 0.0370. The minimum atomic E-state index is 0.0370. The summed E-state index contributed by atoms with van der Waals surface area (Å²) in [6.45, 7) is 15.4. The summed E-state index contributed by atoms with van der Waals surface area (Å²) in [7, 11) is 0. The lowest BCUT2D eigenvalue weighted by molar-refractivity contribution is -0.0934. The first-order chi connectivity index (χ1) is 7.75. The van der Waals surface area contributed by atoms with Crippen LogP contribution in [0.25, 0.3) is 0 Å². The van der Waals surface area contributed by atoms with Crippen LogP contribution in [0.2, 0.25) is 0 Å². The highest BCUT2D eigenvalue weighted by Crippen LogP contribution is 2.40. The maximum Gasteiger partial charge on any atom is 0.108 e. The van der Waals surface area contributed by atoms with Crippen LogP contribution in [-0.2, 0) is 14.2 Å². The van der Waals surface area contributed by atoms with E-state index in [0.717, 1.165) is 0 Å². The van der Waals surface area contributed by atoms with Gasteiger partial charge in [0.05, 0.1) is 31.0 Å². The van der Waals surface area contributed by atoms with Crippen molar-refractivity contribution < 1.29 is 14.2 Å². The lowest BCUT2D eigenvalue weighted by Gasteiger charge is -2.31. The van der Waals surface area contributed by atoms with Crippen molar-refractivity contribution in [3.05, 3.63) is 0 Å². The molecule has 0 aromatic carbocycles. The molecular weight excluding hydrogens is 216 g/mol. The molecule has 0 radical (unpaired) electrons. The monoisotopic (exact) mass is 244 g/mol. The molecule has 3 atom stereocenters. The smallest absolute Gasteiger partial charge is 0.108 e. The van der Waals surface area contributed by atoms with Crippen molar-refractivity contribution in [3.8, 4) is 0 Å². The van der Waals surface area contributed by atoms with Crippen molar-refractivity contribution in [2.24, 2.45) is 5.41 Å². The average molecular weight is 244 g/mol. The summed E-state index contributed by atoms with van der Waals surface area (Å²) in [6, 6.07) is 0. The van der Waals surface area contributed by atoms with Crippen LogP contribution >= 0.6 is 0 Å². The summed E-state index contributed by atoms with van der Waals surface area (Å²) in [5, 5.41) is 0. The SMILES string of the molecule is CC(C)OC[C@@H]1O[C@H](C)C(C)(C)[C@@H]1OC(C)C. The highest BCUT2D eigenvalue weighted by Gasteiger charge is 2.49. The number of ether oxygens (including phenoxy) is 3. The highest BCUT2D eigenvalue weighted by atomic mass is 16.6. The maximum atomic E-state index is 6.04. The van der Waals surface area contributed by atoms with Crippen molar-refractivity contribution in [2.45, 2.75) is 79.0 Å². The van der Waals surface area contributed by atoms with Crippen molar-refractivity contribution >= 4 is 0 Å². The van der Waals surface area contributed by atoms with Gasteiger partial charge in [-0.3, -0.25) is 0 Å². The van der Waals surface area contributed by atoms with Crippen molar-refractivity contribution in [1.29, 1.82) is 0 Å². The molecule has 0 bridgehead atoms. The van der Waals surface area contributed by atoms with Gasteiger partial charge >= 0.3 is 0 Å². The van der Waals surface area contributed by atoms with Crippen molar-refractivity contribution in [1.82, 2.24) is 0 Å². The van der Waals surface area contributed by atoms with Crippen LogP contribution in [0.5, 0.6) is 0 Å². The topological polar surface area (TPSA) is 27.7 Å². The molecular formula is C14H28O3. The number of hydrogen-bond acceptors (Lipinski definition) is 3. The van der Waals surface area contributed by atoms with Gasteiger partial charge in [-0.05, 0) is 34.6 Å². The molecule has 0 aliphatic carbocycles. The molecule has 17 heavy (non-hydrogen) atoms. The molecule has 102 valence electrons. The summed E-state index contributed by atoms with van der Waals surface area (Å²) in [5.74, 6) is 0. The van der Waals surface area contributed by atoms with Crippen LogP contribution in [-0.4, -0.2) is 37.1 Å². The Bertz CT molecular complexity index is 236. The quantitative estimate of drug-likeness (QED) is 0.744. The van der Waals surface area contributed by atoms with E-state index in [1.807, 2.05) is 13.8 Å². The van der Waals surface area contributed by atoms with Crippen LogP contribution in [0.4, 0.5) is 0 Å². The fourth-order valence-electron chi connectivity index (χ4n) is 2.19. The van der Waals surface area contributed by atoms with Gasteiger partial charge < -0.3 is 14.2 Å². The fourth-order valence-corrected chi connectivity index (χ4v) is 2.19. The van der Waals surface area contributed by atoms with E-state index in [1.165, 1.54) is 0 Å². The molecule has 0 N–H and O–H groups in total. The molecule has 3 nitrogen and oxygen atoms in total. The Kier molecular flexibility index (Phi) is 4.99. The summed E-state index contributed by atoms with van der Waals surface area (Å²) in [4.78, 5) is 0. The van der Waals surface area contributed by atoms with E-state index < -0.39 is 0 Å². The largest absolute Gasteiger partial charge is 0.376 e. The van der Waals surface area contributed by atoms with Crippen molar-refractivity contribution in [3.63, 3.8) is 0 Å². The standard InChI is InChI=1S/C14H28O3/c1-9(2)15-8-12-13(16-10(3)4)14(6,7)11(5)17-12/h9-13H,8H2,1-7H3/t11-,12+,13-/m1/s1. The Morgan fingerprint density at radius 1 is 1.12 bits per heavy atom. The molecule has 0 spiro atoms. The van der Waals surface area contributed by atoms with Crippen LogP contribution in [0, 0.1) is 5.41 Å². The molecule has 0 amide bonds. The zero-order chi connectivity index (χ0) is 13.2. The van der Waals surface area contributed by atoms with Gasteiger partial charge in [-0.2, -0.15) is 0 Å². The second-order valence-corrected chi connectivity index (χ2v) is 6.13. The number of rotatable bonds is 5. The van der Waals surface area contributed by atoms with E-state index >= 15 is 0 Å². The maximum absolute atomic E-state index is 6.04. The Labute approximate surface area is 106 Å². The first-order valence-electron chi connectivity index (χ1n) is 6.67. The van der Waals surface area contributed by atoms with E-state index in [1.54, 1.807) is 0 Å². The van der Waals surface area contributed by atoms with E-state index in [4.69, 9.17) is 14.2 Å². The van der Waals surface area contributed by atoms with Gasteiger partial charge in [0.1, 0.15) is 6.10 Å². The molecule has 0 unspecified atom stereocenters. The normalized spacial score (nSPS) is 32.6. The Morgan fingerprint density at radius 2 is 1.71 bits per heavy atom. The van der Waals surface area contributed by atoms with Crippen LogP contribution < -0.4 is 0 Å². The molecule has 1 fully saturated rings. The van der Waals surface area contributed by atoms with Crippen LogP contribution in [0.3, 0.4) is 0 Å². The summed E-state index contributed by atoms with van der Waals surface area (Å²) in [5.41, 5.74) is 0.0370. The van der Waals surface area contributed by atoms with Gasteiger partial charge in [-0.15, -0.1) is 0 Å². The van der Waals surface area contributed by atoms with E-state index in [2.05, 4.69) is 34.6 Å². The Hall–Kier alpha value is -0.120. The molecule has 1 saturated heterocycles. The molecule has 1 aliphatic rings. The Morgan fingerprint density at radius 3 is 2.18 bits per heavy atom. The van der Waals surface area contributed by atoms with Crippen molar-refractivity contribution in [2.75, 3.05) is 6.61 Å². The zero-order valence-electron chi connectivity index (χ0n) is 12.3. The fraction of sp³-hybridized carbons (Fsp3) is 1.00. The summed E-state index contributed by atoms with van der Waals surface area (Å²) >= 11 is 0. The molecule has 0 aromatic rings. The van der Waals surface area contributed by atoms with E-state index in [0.29, 0.717) is 6.61 Å². The Balaban J connectivity index is 2.68. The van der Waals surface area contributed by atoms with E-state index in [9.17, 15) is 0 Å². The third kappa shape index (κ3) is 3.67. The third-order valence-electron chi connectivity index (χ3n) is 3.51. The first kappa shape index (κ1) is 14.9. The molecule has 1 heterocycles. The third-order valence-corrected chi connectivity index (χ3v) is 3.51. The first-order valence-corrected chi connectivity index (χ1v) is 6.67. The van der Waals surface area contributed by atoms with Gasteiger partial charge in [0.15, 0.2) is 0 Å². The van der Waals surface area contributed by atoms with Crippen LogP contribution in [0.15, 0.2) is 0 Å². The molecule has 0 aromatic heterocycles. The lowest BCUT2D eigenvalue weighted by Crippen LogP contribution is -2.40. The molecule has 0 saturated carbocycles. The summed E-state index contributed by atoms with van der Waals surface area (Å²) < 4.78 is 17.7. The molecule has 3 heteroatoms. The second kappa shape index (κ2) is 5.68. The van der Waals surface area contributed by atoms with Crippen LogP contribution in [0.1, 0.15) is 48.5 Å². The van der Waals surface area contributed by atoms with E-state index in [-0.39, 0.29) is 35.9 Å². The second-order valence-electron chi connectivity index (χ2n) is 6.13. The van der Waals surface area contributed by atoms with Gasteiger partial charge in [0, 0.05) is 5.41 Å². The molecule has 1 rings (SSSR count). The lowest BCUT2D eigenvalue weighted by atomic mass is 9.82. The predicted molar refractivity (Wildman–Crippen MR) is 69.2 cm³/mol. The zero-order valence-corrected chi connectivity index (χ0v) is 12.3. The predicted octanol–water partition coefficient (Wildman–Crippen LogP) is 3.02. The minimum Gasteiger partial charge on any atom is -0.376 e. The average Bonchev–Trinajstić information content (AvgIpc) is 2.38. The molecule has 1 aliphatic heterocycles. The van der Waals surface area contributed by atoms with Gasteiger partial charge in [0.2, 0.25) is 0 Å². The van der Waals surface area contributed by atoms with Gasteiger partial charge in [-0.1, -0.05) is 13.8 Å². The van der Waals surface area contributed by atoms with Gasteiger partial charge in [0.25, 0.3) is 0 Å². The highest BCUT2D eigenvalue weighted by molar-refractivity contribution is 4.96. The number of hydrogen-bond donors (Lipinski definition) is 0. The summed E-state index contributed by atoms with van der Waals surface area (Å²) in [6.07, 6.45) is 0.806. The van der Waals surface area contributed by atoms with Gasteiger partial charge in [-0.25, -0.2) is 0 Å².